The predicted molar refractivity (Wildman–Crippen MR) is 91.6 cm³/mol. The second-order valence-corrected chi connectivity index (χ2v) is 7.60. The molecule has 2 aromatic rings. The summed E-state index contributed by atoms with van der Waals surface area (Å²) in [6, 6.07) is 4.92. The lowest BCUT2D eigenvalue weighted by molar-refractivity contribution is -0.134. The first-order valence-corrected chi connectivity index (χ1v) is 8.64. The van der Waals surface area contributed by atoms with Gasteiger partial charge in [0, 0.05) is 17.4 Å². The van der Waals surface area contributed by atoms with Gasteiger partial charge < -0.3 is 4.74 Å². The summed E-state index contributed by atoms with van der Waals surface area (Å²) < 4.78 is 5.39. The molecule has 2 heterocycles. The van der Waals surface area contributed by atoms with Gasteiger partial charge >= 0.3 is 5.97 Å². The molecule has 0 aliphatic carbocycles. The van der Waals surface area contributed by atoms with Crippen molar-refractivity contribution in [1.82, 2.24) is 10.2 Å². The van der Waals surface area contributed by atoms with Crippen LogP contribution in [0, 0.1) is 0 Å². The van der Waals surface area contributed by atoms with Crippen molar-refractivity contribution in [3.8, 4) is 0 Å². The fraction of sp³-hybridized carbons (Fsp3) is 0.375. The third kappa shape index (κ3) is 3.14. The molecule has 1 atom stereocenters. The smallest absolute Gasteiger partial charge is 0.339 e. The zero-order valence-corrected chi connectivity index (χ0v) is 15.0. The molecule has 8 heteroatoms. The summed E-state index contributed by atoms with van der Waals surface area (Å²) in [5, 5.41) is 12.4. The molecular formula is C16H16ClN3O3S. The van der Waals surface area contributed by atoms with Gasteiger partial charge in [-0.2, -0.15) is 0 Å². The number of aromatic nitrogens is 2. The van der Waals surface area contributed by atoms with Crippen LogP contribution in [-0.4, -0.2) is 27.7 Å². The van der Waals surface area contributed by atoms with E-state index in [1.165, 1.54) is 11.3 Å². The molecule has 0 saturated heterocycles. The van der Waals surface area contributed by atoms with Crippen LogP contribution < -0.4 is 5.32 Å². The fourth-order valence-electron chi connectivity index (χ4n) is 2.44. The Labute approximate surface area is 148 Å². The van der Waals surface area contributed by atoms with E-state index in [4.69, 9.17) is 16.3 Å². The van der Waals surface area contributed by atoms with Crippen LogP contribution in [0.15, 0.2) is 18.2 Å². The first-order valence-electron chi connectivity index (χ1n) is 7.45. The van der Waals surface area contributed by atoms with E-state index in [0.717, 1.165) is 5.01 Å². The van der Waals surface area contributed by atoms with Crippen LogP contribution in [0.5, 0.6) is 0 Å². The standard InChI is InChI=1S/C16H16ClN3O3S/c1-8(2)12-19-20-15(24-12)18-14(22)16(3)7-9-6-10(17)4-5-11(9)13(21)23-16/h4-6,8H,7H2,1-3H3,(H,18,20,22). The van der Waals surface area contributed by atoms with Crippen LogP contribution in [0.4, 0.5) is 5.13 Å². The van der Waals surface area contributed by atoms with Crippen LogP contribution >= 0.6 is 22.9 Å². The number of carbonyl (C=O) groups is 2. The van der Waals surface area contributed by atoms with Gasteiger partial charge in [-0.3, -0.25) is 10.1 Å². The van der Waals surface area contributed by atoms with Crippen molar-refractivity contribution in [2.24, 2.45) is 0 Å². The summed E-state index contributed by atoms with van der Waals surface area (Å²) >= 11 is 7.30. The summed E-state index contributed by atoms with van der Waals surface area (Å²) in [4.78, 5) is 24.8. The lowest BCUT2D eigenvalue weighted by Crippen LogP contribution is -2.48. The van der Waals surface area contributed by atoms with Crippen molar-refractivity contribution in [2.45, 2.75) is 38.7 Å². The number of nitrogens with one attached hydrogen (secondary N) is 1. The normalized spacial score (nSPS) is 19.8. The van der Waals surface area contributed by atoms with Crippen molar-refractivity contribution in [3.63, 3.8) is 0 Å². The number of fused-ring (bicyclic) bond motifs is 1. The molecule has 1 amide bonds. The highest BCUT2D eigenvalue weighted by atomic mass is 35.5. The fourth-order valence-corrected chi connectivity index (χ4v) is 3.38. The highest BCUT2D eigenvalue weighted by Gasteiger charge is 2.43. The molecule has 126 valence electrons. The van der Waals surface area contributed by atoms with E-state index < -0.39 is 17.5 Å². The van der Waals surface area contributed by atoms with Gasteiger partial charge in [0.15, 0.2) is 5.60 Å². The first-order chi connectivity index (χ1) is 11.3. The molecule has 6 nitrogen and oxygen atoms in total. The number of nitrogens with zero attached hydrogens (tertiary/aromatic N) is 2. The van der Waals surface area contributed by atoms with Gasteiger partial charge in [-0.15, -0.1) is 10.2 Å². The molecule has 0 saturated carbocycles. The summed E-state index contributed by atoms with van der Waals surface area (Å²) in [5.74, 6) is -0.746. The topological polar surface area (TPSA) is 81.2 Å². The quantitative estimate of drug-likeness (QED) is 0.843. The van der Waals surface area contributed by atoms with Gasteiger partial charge in [-0.25, -0.2) is 4.79 Å². The number of esters is 1. The zero-order chi connectivity index (χ0) is 17.5. The summed E-state index contributed by atoms with van der Waals surface area (Å²) in [7, 11) is 0. The molecule has 1 aromatic heterocycles. The lowest BCUT2D eigenvalue weighted by Gasteiger charge is -2.32. The van der Waals surface area contributed by atoms with E-state index in [1.807, 2.05) is 13.8 Å². The Morgan fingerprint density at radius 3 is 2.83 bits per heavy atom. The molecule has 3 rings (SSSR count). The third-order valence-corrected chi connectivity index (χ3v) is 5.14. The second-order valence-electron chi connectivity index (χ2n) is 6.15. The average molecular weight is 366 g/mol. The van der Waals surface area contributed by atoms with E-state index in [-0.39, 0.29) is 12.3 Å². The van der Waals surface area contributed by atoms with Crippen molar-refractivity contribution in [1.29, 1.82) is 0 Å². The number of hydrogen-bond acceptors (Lipinski definition) is 6. The number of rotatable bonds is 3. The summed E-state index contributed by atoms with van der Waals surface area (Å²) in [5.41, 5.74) is -0.197. The number of cyclic esters (lactones) is 1. The highest BCUT2D eigenvalue weighted by molar-refractivity contribution is 7.15. The molecular weight excluding hydrogens is 350 g/mol. The van der Waals surface area contributed by atoms with E-state index in [9.17, 15) is 9.59 Å². The van der Waals surface area contributed by atoms with Crippen molar-refractivity contribution < 1.29 is 14.3 Å². The van der Waals surface area contributed by atoms with Gasteiger partial charge in [0.05, 0.1) is 5.56 Å². The summed E-state index contributed by atoms with van der Waals surface area (Å²) in [6.45, 7) is 5.57. The van der Waals surface area contributed by atoms with E-state index in [1.54, 1.807) is 25.1 Å². The Hall–Kier alpha value is -1.99. The van der Waals surface area contributed by atoms with Gasteiger partial charge in [0.2, 0.25) is 5.13 Å². The number of hydrogen-bond donors (Lipinski definition) is 1. The van der Waals surface area contributed by atoms with E-state index in [0.29, 0.717) is 21.3 Å². The molecule has 1 aromatic carbocycles. The largest absolute Gasteiger partial charge is 0.445 e. The number of carbonyl (C=O) groups excluding carboxylic acids is 2. The van der Waals surface area contributed by atoms with Crippen molar-refractivity contribution in [2.75, 3.05) is 5.32 Å². The monoisotopic (exact) mass is 365 g/mol. The highest BCUT2D eigenvalue weighted by Crippen LogP contribution is 2.31. The van der Waals surface area contributed by atoms with Crippen molar-refractivity contribution in [3.05, 3.63) is 39.4 Å². The number of benzene rings is 1. The molecule has 1 aliphatic heterocycles. The maximum atomic E-state index is 12.6. The van der Waals surface area contributed by atoms with Gasteiger partial charge in [0.25, 0.3) is 5.91 Å². The molecule has 0 radical (unpaired) electrons. The molecule has 1 unspecified atom stereocenters. The van der Waals surface area contributed by atoms with Crippen LogP contribution in [0.1, 0.15) is 47.6 Å². The minimum absolute atomic E-state index is 0.227. The van der Waals surface area contributed by atoms with Gasteiger partial charge in [-0.1, -0.05) is 36.8 Å². The molecule has 24 heavy (non-hydrogen) atoms. The van der Waals surface area contributed by atoms with Crippen LogP contribution in [0.25, 0.3) is 0 Å². The molecule has 0 bridgehead atoms. The average Bonchev–Trinajstić information content (AvgIpc) is 2.95. The van der Waals surface area contributed by atoms with E-state index >= 15 is 0 Å². The molecule has 1 aliphatic rings. The van der Waals surface area contributed by atoms with Crippen LogP contribution in [0.3, 0.4) is 0 Å². The van der Waals surface area contributed by atoms with Gasteiger partial charge in [0.1, 0.15) is 5.01 Å². The Bertz CT molecular complexity index is 821. The van der Waals surface area contributed by atoms with Crippen LogP contribution in [0.2, 0.25) is 5.02 Å². The minimum Gasteiger partial charge on any atom is -0.445 e. The Balaban J connectivity index is 1.82. The third-order valence-electron chi connectivity index (χ3n) is 3.77. The van der Waals surface area contributed by atoms with Crippen molar-refractivity contribution >= 4 is 39.9 Å². The Morgan fingerprint density at radius 2 is 2.17 bits per heavy atom. The number of ether oxygens (including phenoxy) is 1. The number of halogens is 1. The van der Waals surface area contributed by atoms with Crippen LogP contribution in [-0.2, 0) is 16.0 Å². The number of anilines is 1. The zero-order valence-electron chi connectivity index (χ0n) is 13.4. The molecule has 0 spiro atoms. The minimum atomic E-state index is -1.32. The molecule has 1 N–H and O–H groups in total. The lowest BCUT2D eigenvalue weighted by atomic mass is 9.89. The maximum Gasteiger partial charge on any atom is 0.339 e. The van der Waals surface area contributed by atoms with E-state index in [2.05, 4.69) is 15.5 Å². The summed E-state index contributed by atoms with van der Waals surface area (Å²) in [6.07, 6.45) is 0.246. The SMILES string of the molecule is CC(C)c1nnc(NC(=O)C2(C)Cc3cc(Cl)ccc3C(=O)O2)s1. The molecule has 0 fully saturated rings. The Kier molecular flexibility index (Phi) is 4.31. The predicted octanol–water partition coefficient (Wildman–Crippen LogP) is 3.43. The maximum absolute atomic E-state index is 12.6. The Morgan fingerprint density at radius 1 is 1.42 bits per heavy atom. The first kappa shape index (κ1) is 16.9. The second kappa shape index (κ2) is 6.14. The number of amides is 1. The van der Waals surface area contributed by atoms with Gasteiger partial charge in [-0.05, 0) is 30.7 Å².